The van der Waals surface area contributed by atoms with Gasteiger partial charge in [-0.05, 0) is 25.8 Å². The van der Waals surface area contributed by atoms with Crippen molar-refractivity contribution >= 4 is 11.8 Å². The molecule has 0 aliphatic carbocycles. The summed E-state index contributed by atoms with van der Waals surface area (Å²) in [6.45, 7) is 4.08. The molecular weight excluding hydrogens is 202 g/mol. The molecular formula is C13H15NO2. The topological polar surface area (TPSA) is 46.2 Å². The minimum atomic E-state index is -0.186. The molecule has 0 bridgehead atoms. The lowest BCUT2D eigenvalue weighted by Gasteiger charge is -2.08. The van der Waals surface area contributed by atoms with Crippen LogP contribution in [0.3, 0.4) is 0 Å². The van der Waals surface area contributed by atoms with Gasteiger partial charge in [-0.15, -0.1) is 0 Å². The lowest BCUT2D eigenvalue weighted by atomic mass is 9.95. The number of imide groups is 1. The van der Waals surface area contributed by atoms with Gasteiger partial charge in [0, 0.05) is 6.42 Å². The number of amides is 2. The summed E-state index contributed by atoms with van der Waals surface area (Å²) in [4.78, 5) is 22.5. The Bertz CT molecular complexity index is 431. The van der Waals surface area contributed by atoms with Gasteiger partial charge in [0.2, 0.25) is 11.8 Å². The largest absolute Gasteiger partial charge is 0.296 e. The van der Waals surface area contributed by atoms with Crippen molar-refractivity contribution in [3.05, 3.63) is 34.9 Å². The molecule has 1 unspecified atom stereocenters. The summed E-state index contributed by atoms with van der Waals surface area (Å²) in [6.07, 6.45) is 0.978. The molecule has 1 aromatic rings. The lowest BCUT2D eigenvalue weighted by Crippen LogP contribution is -2.22. The molecule has 84 valence electrons. The fraction of sp³-hybridized carbons (Fsp3) is 0.385. The summed E-state index contributed by atoms with van der Waals surface area (Å²) in [6, 6.07) is 6.25. The monoisotopic (exact) mass is 217 g/mol. The van der Waals surface area contributed by atoms with Gasteiger partial charge in [0.15, 0.2) is 0 Å². The summed E-state index contributed by atoms with van der Waals surface area (Å²) >= 11 is 0. The molecule has 1 aliphatic rings. The molecule has 1 atom stereocenters. The van der Waals surface area contributed by atoms with E-state index in [2.05, 4.69) is 23.5 Å². The molecule has 3 heteroatoms. The summed E-state index contributed by atoms with van der Waals surface area (Å²) < 4.78 is 0. The smallest absolute Gasteiger partial charge is 0.230 e. The Morgan fingerprint density at radius 3 is 2.31 bits per heavy atom. The highest BCUT2D eigenvalue weighted by atomic mass is 16.2. The maximum absolute atomic E-state index is 11.4. The number of benzene rings is 1. The number of carbonyl (C=O) groups is 2. The van der Waals surface area contributed by atoms with Gasteiger partial charge in [0.1, 0.15) is 0 Å². The molecule has 2 rings (SSSR count). The number of hydrogen-bond acceptors (Lipinski definition) is 2. The van der Waals surface area contributed by atoms with E-state index in [0.717, 1.165) is 5.56 Å². The SMILES string of the molecule is Cc1cc(C)cc(CC2CC(=O)NC2=O)c1. The second-order valence-corrected chi connectivity index (χ2v) is 4.51. The van der Waals surface area contributed by atoms with E-state index < -0.39 is 0 Å². The maximum Gasteiger partial charge on any atom is 0.230 e. The van der Waals surface area contributed by atoms with Crippen LogP contribution < -0.4 is 5.32 Å². The van der Waals surface area contributed by atoms with Crippen LogP contribution in [0.15, 0.2) is 18.2 Å². The van der Waals surface area contributed by atoms with Gasteiger partial charge >= 0.3 is 0 Å². The van der Waals surface area contributed by atoms with Gasteiger partial charge in [0.05, 0.1) is 5.92 Å². The van der Waals surface area contributed by atoms with Crippen molar-refractivity contribution in [1.82, 2.24) is 5.32 Å². The van der Waals surface area contributed by atoms with E-state index in [1.54, 1.807) is 0 Å². The maximum atomic E-state index is 11.4. The first-order chi connectivity index (χ1) is 7.54. The van der Waals surface area contributed by atoms with E-state index >= 15 is 0 Å². The molecule has 0 spiro atoms. The van der Waals surface area contributed by atoms with E-state index in [0.29, 0.717) is 12.8 Å². The van der Waals surface area contributed by atoms with Crippen LogP contribution in [0.4, 0.5) is 0 Å². The quantitative estimate of drug-likeness (QED) is 0.763. The third-order valence-electron chi connectivity index (χ3n) is 2.83. The Kier molecular flexibility index (Phi) is 2.77. The van der Waals surface area contributed by atoms with Crippen LogP contribution in [0, 0.1) is 19.8 Å². The first-order valence-electron chi connectivity index (χ1n) is 5.45. The number of nitrogens with one attached hydrogen (secondary N) is 1. The molecule has 16 heavy (non-hydrogen) atoms. The van der Waals surface area contributed by atoms with Crippen LogP contribution in [-0.4, -0.2) is 11.8 Å². The van der Waals surface area contributed by atoms with Gasteiger partial charge in [-0.25, -0.2) is 0 Å². The molecule has 1 fully saturated rings. The highest BCUT2D eigenvalue weighted by Gasteiger charge is 2.30. The first-order valence-corrected chi connectivity index (χ1v) is 5.45. The Morgan fingerprint density at radius 1 is 1.19 bits per heavy atom. The summed E-state index contributed by atoms with van der Waals surface area (Å²) in [5, 5.41) is 2.34. The molecule has 0 aromatic heterocycles. The number of hydrogen-bond donors (Lipinski definition) is 1. The van der Waals surface area contributed by atoms with Crippen LogP contribution >= 0.6 is 0 Å². The van der Waals surface area contributed by atoms with Crippen molar-refractivity contribution in [1.29, 1.82) is 0 Å². The van der Waals surface area contributed by atoms with Crippen molar-refractivity contribution < 1.29 is 9.59 Å². The van der Waals surface area contributed by atoms with Crippen molar-refractivity contribution in [2.24, 2.45) is 5.92 Å². The molecule has 2 amide bonds. The molecule has 3 nitrogen and oxygen atoms in total. The molecule has 1 saturated heterocycles. The average Bonchev–Trinajstić information content (AvgIpc) is 2.43. The molecule has 0 saturated carbocycles. The Morgan fingerprint density at radius 2 is 1.81 bits per heavy atom. The molecule has 1 aliphatic heterocycles. The van der Waals surface area contributed by atoms with Gasteiger partial charge in [-0.1, -0.05) is 29.3 Å². The number of rotatable bonds is 2. The molecule has 1 heterocycles. The summed E-state index contributed by atoms with van der Waals surface area (Å²) in [5.41, 5.74) is 3.52. The van der Waals surface area contributed by atoms with Crippen LogP contribution in [0.5, 0.6) is 0 Å². The van der Waals surface area contributed by atoms with Crippen LogP contribution in [0.25, 0.3) is 0 Å². The summed E-state index contributed by atoms with van der Waals surface area (Å²) in [7, 11) is 0. The van der Waals surface area contributed by atoms with Gasteiger partial charge < -0.3 is 0 Å². The third kappa shape index (κ3) is 2.30. The predicted octanol–water partition coefficient (Wildman–Crippen LogP) is 1.51. The molecule has 1 aromatic carbocycles. The van der Waals surface area contributed by atoms with Crippen LogP contribution in [0.2, 0.25) is 0 Å². The predicted molar refractivity (Wildman–Crippen MR) is 60.9 cm³/mol. The van der Waals surface area contributed by atoms with E-state index in [4.69, 9.17) is 0 Å². The second-order valence-electron chi connectivity index (χ2n) is 4.51. The summed E-state index contributed by atoms with van der Waals surface area (Å²) in [5.74, 6) is -0.475. The van der Waals surface area contributed by atoms with E-state index in [1.807, 2.05) is 13.8 Å². The Labute approximate surface area is 94.9 Å². The molecule has 0 radical (unpaired) electrons. The number of aryl methyl sites for hydroxylation is 2. The average molecular weight is 217 g/mol. The minimum Gasteiger partial charge on any atom is -0.296 e. The van der Waals surface area contributed by atoms with Gasteiger partial charge in [0.25, 0.3) is 0 Å². The fourth-order valence-electron chi connectivity index (χ4n) is 2.24. The first kappa shape index (κ1) is 10.9. The third-order valence-corrected chi connectivity index (χ3v) is 2.83. The van der Waals surface area contributed by atoms with E-state index in [1.165, 1.54) is 11.1 Å². The molecule has 1 N–H and O–H groups in total. The normalized spacial score (nSPS) is 20.0. The minimum absolute atomic E-state index is 0.135. The highest BCUT2D eigenvalue weighted by Crippen LogP contribution is 2.19. The van der Waals surface area contributed by atoms with Gasteiger partial charge in [-0.3, -0.25) is 14.9 Å². The Hall–Kier alpha value is -1.64. The zero-order valence-corrected chi connectivity index (χ0v) is 9.54. The highest BCUT2D eigenvalue weighted by molar-refractivity contribution is 6.03. The Balaban J connectivity index is 2.15. The van der Waals surface area contributed by atoms with Crippen molar-refractivity contribution in [2.75, 3.05) is 0 Å². The standard InChI is InChI=1S/C13H15NO2/c1-8-3-9(2)5-10(4-8)6-11-7-12(15)14-13(11)16/h3-5,11H,6-7H2,1-2H3,(H,14,15,16). The van der Waals surface area contributed by atoms with Crippen molar-refractivity contribution in [2.45, 2.75) is 26.7 Å². The number of carbonyl (C=O) groups excluding carboxylic acids is 2. The van der Waals surface area contributed by atoms with E-state index in [-0.39, 0.29) is 17.7 Å². The van der Waals surface area contributed by atoms with Crippen LogP contribution in [0.1, 0.15) is 23.1 Å². The van der Waals surface area contributed by atoms with Gasteiger partial charge in [-0.2, -0.15) is 0 Å². The van der Waals surface area contributed by atoms with E-state index in [9.17, 15) is 9.59 Å². The zero-order chi connectivity index (χ0) is 11.7. The van der Waals surface area contributed by atoms with Crippen LogP contribution in [-0.2, 0) is 16.0 Å². The van der Waals surface area contributed by atoms with Crippen molar-refractivity contribution in [3.63, 3.8) is 0 Å². The lowest BCUT2D eigenvalue weighted by molar-refractivity contribution is -0.125. The zero-order valence-electron chi connectivity index (χ0n) is 9.54. The van der Waals surface area contributed by atoms with Crippen molar-refractivity contribution in [3.8, 4) is 0 Å². The fourth-order valence-corrected chi connectivity index (χ4v) is 2.24. The second kappa shape index (κ2) is 4.08.